The second-order valence-electron chi connectivity index (χ2n) is 2.90. The molecule has 0 radical (unpaired) electrons. The molecule has 0 spiro atoms. The van der Waals surface area contributed by atoms with Gasteiger partial charge in [0.05, 0.1) is 19.0 Å². The number of pyridine rings is 1. The number of aromatic hydroxyl groups is 1. The number of nitrogen functional groups attached to an aromatic ring is 1. The van der Waals surface area contributed by atoms with Crippen LogP contribution in [0.25, 0.3) is 5.69 Å². The van der Waals surface area contributed by atoms with Gasteiger partial charge in [0.15, 0.2) is 0 Å². The Kier molecular flexibility index (Phi) is 2.17. The zero-order chi connectivity index (χ0) is 10.8. The number of nitrogens with two attached hydrogens (primary N) is 1. The molecule has 0 saturated heterocycles. The maximum atomic E-state index is 9.14. The number of hydrogen-bond acceptors (Lipinski definition) is 5. The third kappa shape index (κ3) is 1.69. The minimum atomic E-state index is -0.122. The van der Waals surface area contributed by atoms with Crippen molar-refractivity contribution < 1.29 is 9.84 Å². The number of rotatable bonds is 2. The van der Waals surface area contributed by atoms with Crippen LogP contribution in [-0.2, 0) is 0 Å². The van der Waals surface area contributed by atoms with Gasteiger partial charge in [0, 0.05) is 12.1 Å². The fourth-order valence-corrected chi connectivity index (χ4v) is 1.21. The fourth-order valence-electron chi connectivity index (χ4n) is 1.21. The summed E-state index contributed by atoms with van der Waals surface area (Å²) >= 11 is 0. The third-order valence-corrected chi connectivity index (χ3v) is 1.90. The first-order chi connectivity index (χ1) is 7.20. The van der Waals surface area contributed by atoms with Gasteiger partial charge in [-0.05, 0) is 6.07 Å². The van der Waals surface area contributed by atoms with E-state index in [1.54, 1.807) is 18.3 Å². The van der Waals surface area contributed by atoms with Crippen molar-refractivity contribution in [2.24, 2.45) is 0 Å². The Morgan fingerprint density at radius 3 is 2.73 bits per heavy atom. The van der Waals surface area contributed by atoms with Gasteiger partial charge in [-0.15, -0.1) is 5.10 Å². The van der Waals surface area contributed by atoms with Crippen LogP contribution < -0.4 is 10.5 Å². The molecule has 0 aliphatic rings. The summed E-state index contributed by atoms with van der Waals surface area (Å²) in [6.45, 7) is 0. The molecule has 0 atom stereocenters. The van der Waals surface area contributed by atoms with E-state index >= 15 is 0 Å². The molecule has 0 aromatic carbocycles. The molecular formula is C9H10N4O2. The normalized spacial score (nSPS) is 10.2. The summed E-state index contributed by atoms with van der Waals surface area (Å²) in [5.74, 6) is 0.733. The van der Waals surface area contributed by atoms with Crippen LogP contribution in [0.1, 0.15) is 0 Å². The zero-order valence-electron chi connectivity index (χ0n) is 8.08. The molecule has 78 valence electrons. The highest BCUT2D eigenvalue weighted by Crippen LogP contribution is 2.18. The highest BCUT2D eigenvalue weighted by atomic mass is 16.5. The number of ether oxygens (including phenoxy) is 1. The van der Waals surface area contributed by atoms with Gasteiger partial charge in [0.1, 0.15) is 5.82 Å². The first kappa shape index (κ1) is 9.32. The molecular weight excluding hydrogens is 196 g/mol. The van der Waals surface area contributed by atoms with E-state index in [9.17, 15) is 0 Å². The second-order valence-corrected chi connectivity index (χ2v) is 2.90. The van der Waals surface area contributed by atoms with Gasteiger partial charge in [-0.2, -0.15) is 0 Å². The van der Waals surface area contributed by atoms with E-state index in [1.165, 1.54) is 17.9 Å². The van der Waals surface area contributed by atoms with Crippen molar-refractivity contribution in [2.75, 3.05) is 12.8 Å². The van der Waals surface area contributed by atoms with E-state index in [0.29, 0.717) is 17.4 Å². The van der Waals surface area contributed by atoms with Gasteiger partial charge < -0.3 is 15.6 Å². The minimum Gasteiger partial charge on any atom is -0.492 e. The zero-order valence-corrected chi connectivity index (χ0v) is 8.08. The molecule has 0 unspecified atom stereocenters. The largest absolute Gasteiger partial charge is 0.492 e. The van der Waals surface area contributed by atoms with E-state index in [4.69, 9.17) is 15.6 Å². The van der Waals surface area contributed by atoms with Crippen LogP contribution in [0.3, 0.4) is 0 Å². The molecule has 3 N–H and O–H groups in total. The molecule has 6 nitrogen and oxygen atoms in total. The summed E-state index contributed by atoms with van der Waals surface area (Å²) in [5.41, 5.74) is 6.29. The molecule has 0 amide bonds. The second kappa shape index (κ2) is 3.49. The van der Waals surface area contributed by atoms with Gasteiger partial charge in [-0.3, -0.25) is 0 Å². The van der Waals surface area contributed by atoms with Gasteiger partial charge >= 0.3 is 0 Å². The van der Waals surface area contributed by atoms with Crippen LogP contribution >= 0.6 is 0 Å². The smallest absolute Gasteiger partial charge is 0.232 e. The van der Waals surface area contributed by atoms with E-state index < -0.39 is 0 Å². The van der Waals surface area contributed by atoms with Gasteiger partial charge in [-0.25, -0.2) is 9.67 Å². The monoisotopic (exact) mass is 206 g/mol. The lowest BCUT2D eigenvalue weighted by molar-refractivity contribution is 0.397. The van der Waals surface area contributed by atoms with Crippen LogP contribution in [0.5, 0.6) is 11.8 Å². The Morgan fingerprint density at radius 1 is 1.47 bits per heavy atom. The SMILES string of the molecule is COc1ccc(-n2nc(O)cc2N)cn1. The Bertz CT molecular complexity index is 463. The minimum absolute atomic E-state index is 0.122. The van der Waals surface area contributed by atoms with E-state index in [1.807, 2.05) is 0 Å². The van der Waals surface area contributed by atoms with Crippen molar-refractivity contribution in [3.63, 3.8) is 0 Å². The average molecular weight is 206 g/mol. The predicted molar refractivity (Wildman–Crippen MR) is 54.0 cm³/mol. The van der Waals surface area contributed by atoms with E-state index in [2.05, 4.69) is 10.1 Å². The summed E-state index contributed by atoms with van der Waals surface area (Å²) in [7, 11) is 1.54. The lowest BCUT2D eigenvalue weighted by Gasteiger charge is -2.03. The lowest BCUT2D eigenvalue weighted by Crippen LogP contribution is -2.02. The van der Waals surface area contributed by atoms with Crippen molar-refractivity contribution in [1.29, 1.82) is 0 Å². The number of hydrogen-bond donors (Lipinski definition) is 2. The summed E-state index contributed by atoms with van der Waals surface area (Å²) in [6.07, 6.45) is 1.56. The Labute approximate surface area is 85.9 Å². The molecule has 0 fully saturated rings. The van der Waals surface area contributed by atoms with Crippen molar-refractivity contribution in [1.82, 2.24) is 14.8 Å². The maximum absolute atomic E-state index is 9.14. The summed E-state index contributed by atoms with van der Waals surface area (Å²) in [6, 6.07) is 4.80. The number of aromatic nitrogens is 3. The number of anilines is 1. The molecule has 0 saturated carbocycles. The first-order valence-electron chi connectivity index (χ1n) is 4.25. The number of nitrogens with zero attached hydrogens (tertiary/aromatic N) is 3. The van der Waals surface area contributed by atoms with E-state index in [0.717, 1.165) is 0 Å². The standard InChI is InChI=1S/C9H10N4O2/c1-15-9-3-2-6(5-11-9)13-7(10)4-8(14)12-13/h2-5H,10H2,1H3,(H,12,14). The number of methoxy groups -OCH3 is 1. The molecule has 0 aliphatic heterocycles. The lowest BCUT2D eigenvalue weighted by atomic mass is 10.4. The molecule has 2 aromatic rings. The van der Waals surface area contributed by atoms with Crippen LogP contribution in [-0.4, -0.2) is 27.0 Å². The third-order valence-electron chi connectivity index (χ3n) is 1.90. The highest BCUT2D eigenvalue weighted by molar-refractivity contribution is 5.43. The molecule has 15 heavy (non-hydrogen) atoms. The summed E-state index contributed by atoms with van der Waals surface area (Å²) in [5, 5.41) is 12.9. The average Bonchev–Trinajstić information content (AvgIpc) is 2.58. The molecule has 2 heterocycles. The van der Waals surface area contributed by atoms with Crippen molar-refractivity contribution in [3.8, 4) is 17.4 Å². The Morgan fingerprint density at radius 2 is 2.27 bits per heavy atom. The fraction of sp³-hybridized carbons (Fsp3) is 0.111. The quantitative estimate of drug-likeness (QED) is 0.749. The first-order valence-corrected chi connectivity index (χ1v) is 4.25. The summed E-state index contributed by atoms with van der Waals surface area (Å²) in [4.78, 5) is 4.00. The van der Waals surface area contributed by atoms with Crippen LogP contribution in [0.15, 0.2) is 24.4 Å². The molecule has 0 aliphatic carbocycles. The molecule has 2 aromatic heterocycles. The van der Waals surface area contributed by atoms with Crippen LogP contribution in [0.4, 0.5) is 5.82 Å². The van der Waals surface area contributed by atoms with Gasteiger partial charge in [0.25, 0.3) is 0 Å². The molecule has 0 bridgehead atoms. The predicted octanol–water partition coefficient (Wildman–Crippen LogP) is 0.564. The Hall–Kier alpha value is -2.24. The van der Waals surface area contributed by atoms with Crippen molar-refractivity contribution >= 4 is 5.82 Å². The molecule has 6 heteroatoms. The van der Waals surface area contributed by atoms with Gasteiger partial charge in [-0.1, -0.05) is 0 Å². The summed E-state index contributed by atoms with van der Waals surface area (Å²) < 4.78 is 6.31. The van der Waals surface area contributed by atoms with Crippen molar-refractivity contribution in [2.45, 2.75) is 0 Å². The maximum Gasteiger partial charge on any atom is 0.232 e. The topological polar surface area (TPSA) is 86.2 Å². The van der Waals surface area contributed by atoms with Crippen LogP contribution in [0, 0.1) is 0 Å². The Balaban J connectivity index is 2.41. The van der Waals surface area contributed by atoms with E-state index in [-0.39, 0.29) is 5.88 Å². The molecule has 2 rings (SSSR count). The van der Waals surface area contributed by atoms with Crippen molar-refractivity contribution in [3.05, 3.63) is 24.4 Å². The van der Waals surface area contributed by atoms with Gasteiger partial charge in [0.2, 0.25) is 11.8 Å². The van der Waals surface area contributed by atoms with Crippen LogP contribution in [0.2, 0.25) is 0 Å². The highest BCUT2D eigenvalue weighted by Gasteiger charge is 2.05.